The fraction of sp³-hybridized carbons (Fsp3) is 0.538. The Morgan fingerprint density at radius 1 is 1.30 bits per heavy atom. The van der Waals surface area contributed by atoms with E-state index in [0.29, 0.717) is 30.4 Å². The molecule has 1 aromatic carbocycles. The van der Waals surface area contributed by atoms with Crippen LogP contribution in [-0.4, -0.2) is 96.8 Å². The molecule has 3 aliphatic rings. The normalized spacial score (nSPS) is 25.8. The van der Waals surface area contributed by atoms with Crippen LogP contribution in [0.1, 0.15) is 48.0 Å². The van der Waals surface area contributed by atoms with Crippen molar-refractivity contribution in [1.29, 1.82) is 0 Å². The molecule has 37 heavy (non-hydrogen) atoms. The average molecular weight is 517 g/mol. The number of hydrogen-bond acceptors (Lipinski definition) is 9. The predicted molar refractivity (Wildman–Crippen MR) is 129 cm³/mol. The fourth-order valence-corrected chi connectivity index (χ4v) is 5.22. The second-order valence-corrected chi connectivity index (χ2v) is 9.27. The molecule has 3 N–H and O–H groups in total. The molecular formula is C26H32N2O9. The van der Waals surface area contributed by atoms with Crippen molar-refractivity contribution >= 4 is 23.9 Å². The minimum atomic E-state index is -1.31. The first-order valence-electron chi connectivity index (χ1n) is 12.4. The lowest BCUT2D eigenvalue weighted by Crippen LogP contribution is -2.58. The van der Waals surface area contributed by atoms with Gasteiger partial charge in [-0.15, -0.1) is 0 Å². The van der Waals surface area contributed by atoms with Crippen molar-refractivity contribution in [2.75, 3.05) is 33.4 Å². The number of nitrogens with one attached hydrogen (secondary N) is 1. The summed E-state index contributed by atoms with van der Waals surface area (Å²) in [7, 11) is 1.41. The van der Waals surface area contributed by atoms with Crippen LogP contribution in [0.2, 0.25) is 0 Å². The molecule has 200 valence electrons. The molecule has 0 aromatic heterocycles. The van der Waals surface area contributed by atoms with Gasteiger partial charge in [0.2, 0.25) is 11.7 Å². The maximum Gasteiger partial charge on any atom is 0.290 e. The Labute approximate surface area is 214 Å². The van der Waals surface area contributed by atoms with Gasteiger partial charge < -0.3 is 34.6 Å². The number of aliphatic hydroxyl groups is 2. The minimum absolute atomic E-state index is 0.0148. The molecule has 1 saturated heterocycles. The second kappa shape index (κ2) is 11.4. The van der Waals surface area contributed by atoms with Crippen molar-refractivity contribution in [3.8, 4) is 11.5 Å². The Hall–Kier alpha value is -3.28. The zero-order valence-electron chi connectivity index (χ0n) is 20.8. The van der Waals surface area contributed by atoms with Crippen LogP contribution in [0.15, 0.2) is 23.8 Å². The molecule has 0 spiro atoms. The molecule has 2 amide bonds. The van der Waals surface area contributed by atoms with Gasteiger partial charge in [-0.1, -0.05) is 6.92 Å². The molecule has 1 fully saturated rings. The number of methoxy groups -OCH3 is 1. The molecule has 1 aliphatic carbocycles. The summed E-state index contributed by atoms with van der Waals surface area (Å²) in [6, 6.07) is 2.01. The van der Waals surface area contributed by atoms with Crippen molar-refractivity contribution in [1.82, 2.24) is 10.2 Å². The number of nitrogens with zero attached hydrogens (tertiary/aromatic N) is 1. The van der Waals surface area contributed by atoms with E-state index >= 15 is 0 Å². The van der Waals surface area contributed by atoms with Gasteiger partial charge in [0.05, 0.1) is 31.8 Å². The molecule has 0 saturated carbocycles. The number of carbonyl (C=O) groups excluding carboxylic acids is 4. The molecule has 0 radical (unpaired) electrons. The number of fused-ring (bicyclic) bond motifs is 3. The number of benzene rings is 1. The fourth-order valence-electron chi connectivity index (χ4n) is 5.22. The quantitative estimate of drug-likeness (QED) is 0.291. The van der Waals surface area contributed by atoms with Gasteiger partial charge in [-0.05, 0) is 31.1 Å². The zero-order valence-corrected chi connectivity index (χ0v) is 20.8. The third-order valence-corrected chi connectivity index (χ3v) is 7.02. The van der Waals surface area contributed by atoms with Crippen LogP contribution in [0.3, 0.4) is 0 Å². The summed E-state index contributed by atoms with van der Waals surface area (Å²) < 4.78 is 17.2. The number of ether oxygens (including phenoxy) is 3. The highest BCUT2D eigenvalue weighted by molar-refractivity contribution is 6.36. The van der Waals surface area contributed by atoms with Crippen molar-refractivity contribution in [3.63, 3.8) is 0 Å². The molecule has 4 rings (SSSR count). The predicted octanol–water partition coefficient (Wildman–Crippen LogP) is 0.117. The molecule has 1 aromatic rings. The molecule has 11 nitrogen and oxygen atoms in total. The van der Waals surface area contributed by atoms with Gasteiger partial charge in [0.25, 0.3) is 5.91 Å². The third-order valence-electron chi connectivity index (χ3n) is 7.02. The number of ketones is 1. The number of rotatable bonds is 10. The van der Waals surface area contributed by atoms with Crippen molar-refractivity contribution in [3.05, 3.63) is 34.9 Å². The first-order chi connectivity index (χ1) is 17.8. The van der Waals surface area contributed by atoms with Crippen molar-refractivity contribution in [2.24, 2.45) is 0 Å². The molecular weight excluding hydrogens is 484 g/mol. The summed E-state index contributed by atoms with van der Waals surface area (Å²) >= 11 is 0. The van der Waals surface area contributed by atoms with E-state index in [1.165, 1.54) is 24.2 Å². The third kappa shape index (κ3) is 5.11. The van der Waals surface area contributed by atoms with Crippen LogP contribution >= 0.6 is 0 Å². The Kier molecular flexibility index (Phi) is 8.25. The Balaban J connectivity index is 1.81. The maximum absolute atomic E-state index is 13.3. The van der Waals surface area contributed by atoms with E-state index in [2.05, 4.69) is 5.32 Å². The lowest BCUT2D eigenvalue weighted by Gasteiger charge is -2.41. The van der Waals surface area contributed by atoms with E-state index in [9.17, 15) is 29.4 Å². The van der Waals surface area contributed by atoms with E-state index in [1.54, 1.807) is 13.0 Å². The maximum atomic E-state index is 13.3. The highest BCUT2D eigenvalue weighted by atomic mass is 16.5. The van der Waals surface area contributed by atoms with Gasteiger partial charge in [-0.25, -0.2) is 0 Å². The number of aliphatic hydroxyl groups excluding tert-OH is 2. The van der Waals surface area contributed by atoms with Crippen molar-refractivity contribution in [2.45, 2.75) is 56.5 Å². The van der Waals surface area contributed by atoms with Gasteiger partial charge in [0.1, 0.15) is 18.5 Å². The second-order valence-electron chi connectivity index (χ2n) is 9.27. The SMILES string of the molecule is CCC(=O)C(=O)N(CC1CCCO1)C1C=C(C(=O)NCCO)C2c3cc(C=O)cc(OC)c3OC2C1O. The van der Waals surface area contributed by atoms with Gasteiger partial charge in [0.15, 0.2) is 11.5 Å². The van der Waals surface area contributed by atoms with Crippen LogP contribution in [0.5, 0.6) is 11.5 Å². The van der Waals surface area contributed by atoms with Gasteiger partial charge in [-0.3, -0.25) is 19.2 Å². The average Bonchev–Trinajstić information content (AvgIpc) is 3.57. The van der Waals surface area contributed by atoms with E-state index < -0.39 is 41.8 Å². The Morgan fingerprint density at radius 3 is 2.70 bits per heavy atom. The van der Waals surface area contributed by atoms with E-state index in [0.717, 1.165) is 6.42 Å². The van der Waals surface area contributed by atoms with Crippen LogP contribution in [0.25, 0.3) is 0 Å². The van der Waals surface area contributed by atoms with Crippen LogP contribution < -0.4 is 14.8 Å². The zero-order chi connectivity index (χ0) is 26.7. The number of Topliss-reactive ketones (excluding diaryl/α,β-unsaturated/α-hetero) is 1. The summed E-state index contributed by atoms with van der Waals surface area (Å²) in [6.07, 6.45) is 0.984. The first kappa shape index (κ1) is 26.8. The van der Waals surface area contributed by atoms with E-state index in [1.807, 2.05) is 0 Å². The van der Waals surface area contributed by atoms with E-state index in [-0.39, 0.29) is 49.3 Å². The summed E-state index contributed by atoms with van der Waals surface area (Å²) in [5.41, 5.74) is 0.970. The Bertz CT molecular complexity index is 1100. The van der Waals surface area contributed by atoms with Crippen LogP contribution in [0.4, 0.5) is 0 Å². The topological polar surface area (TPSA) is 152 Å². The number of aldehydes is 1. The lowest BCUT2D eigenvalue weighted by atomic mass is 9.77. The monoisotopic (exact) mass is 516 g/mol. The van der Waals surface area contributed by atoms with Crippen molar-refractivity contribution < 1.29 is 43.6 Å². The molecule has 2 aliphatic heterocycles. The summed E-state index contributed by atoms with van der Waals surface area (Å²) in [5, 5.41) is 23.4. The molecule has 5 atom stereocenters. The molecule has 5 unspecified atom stereocenters. The summed E-state index contributed by atoms with van der Waals surface area (Å²) in [6.45, 7) is 1.88. The standard InChI is InChI=1S/C26H32N2O9/c1-3-19(31)26(34)28(12-15-5-4-8-36-15)18-11-17(25(33)27-6-7-29)21-16-9-14(13-30)10-20(35-2)23(16)37-24(21)22(18)32/h9-11,13,15,18,21-22,24,29,32H,3-8,12H2,1-2H3,(H,27,33). The largest absolute Gasteiger partial charge is 0.493 e. The van der Waals surface area contributed by atoms with Gasteiger partial charge >= 0.3 is 0 Å². The summed E-state index contributed by atoms with van der Waals surface area (Å²) in [5.74, 6) is -2.16. The molecule has 2 heterocycles. The summed E-state index contributed by atoms with van der Waals surface area (Å²) in [4.78, 5) is 51.8. The smallest absolute Gasteiger partial charge is 0.290 e. The minimum Gasteiger partial charge on any atom is -0.493 e. The van der Waals surface area contributed by atoms with Gasteiger partial charge in [-0.2, -0.15) is 0 Å². The number of hydrogen-bond donors (Lipinski definition) is 3. The number of carbonyl (C=O) groups is 4. The highest BCUT2D eigenvalue weighted by Crippen LogP contribution is 2.51. The van der Waals surface area contributed by atoms with E-state index in [4.69, 9.17) is 14.2 Å². The molecule has 0 bridgehead atoms. The lowest BCUT2D eigenvalue weighted by molar-refractivity contribution is -0.149. The first-order valence-corrected chi connectivity index (χ1v) is 12.4. The van der Waals surface area contributed by atoms with Gasteiger partial charge in [0, 0.05) is 42.8 Å². The Morgan fingerprint density at radius 2 is 2.08 bits per heavy atom. The number of amides is 2. The van der Waals surface area contributed by atoms with Crippen LogP contribution in [-0.2, 0) is 19.1 Å². The molecule has 11 heteroatoms. The highest BCUT2D eigenvalue weighted by Gasteiger charge is 2.52. The van der Waals surface area contributed by atoms with Crippen LogP contribution in [0, 0.1) is 0 Å².